The van der Waals surface area contributed by atoms with Gasteiger partial charge in [-0.2, -0.15) is 13.2 Å². The molecule has 0 aliphatic carbocycles. The Morgan fingerprint density at radius 2 is 1.84 bits per heavy atom. The Morgan fingerprint density at radius 3 is 2.42 bits per heavy atom. The van der Waals surface area contributed by atoms with Gasteiger partial charge >= 0.3 is 12.3 Å². The van der Waals surface area contributed by atoms with Crippen molar-refractivity contribution >= 4 is 59.7 Å². The maximum atomic E-state index is 15.5. The zero-order valence-corrected chi connectivity index (χ0v) is 32.6. The van der Waals surface area contributed by atoms with Crippen LogP contribution < -0.4 is 20.7 Å². The van der Waals surface area contributed by atoms with Crippen molar-refractivity contribution in [3.05, 3.63) is 46.8 Å². The Labute approximate surface area is 296 Å². The zero-order valence-electron chi connectivity index (χ0n) is 29.9. The highest BCUT2D eigenvalue weighted by molar-refractivity contribution is 7.70. The van der Waals surface area contributed by atoms with E-state index in [0.29, 0.717) is 32.5 Å². The van der Waals surface area contributed by atoms with Crippen LogP contribution in [-0.4, -0.2) is 83.4 Å². The van der Waals surface area contributed by atoms with E-state index in [9.17, 15) is 22.5 Å². The van der Waals surface area contributed by atoms with Crippen LogP contribution in [0.3, 0.4) is 0 Å². The van der Waals surface area contributed by atoms with Gasteiger partial charge < -0.3 is 34.0 Å². The van der Waals surface area contributed by atoms with Crippen molar-refractivity contribution in [3.63, 3.8) is 0 Å². The fraction of sp³-hybridized carbons (Fsp3) is 0.514. The second kappa shape index (κ2) is 15.2. The predicted molar refractivity (Wildman–Crippen MR) is 197 cm³/mol. The third-order valence-corrected chi connectivity index (χ3v) is 11.3. The molecule has 0 bridgehead atoms. The molecule has 274 valence electrons. The number of hydrogen-bond donors (Lipinski definition) is 2. The first-order chi connectivity index (χ1) is 23.1. The van der Waals surface area contributed by atoms with E-state index in [-0.39, 0.29) is 36.5 Å². The van der Waals surface area contributed by atoms with E-state index in [1.807, 2.05) is 0 Å². The number of amides is 1. The molecular formula is C35H46F4N3O5PSSi. The van der Waals surface area contributed by atoms with Crippen molar-refractivity contribution in [2.45, 2.75) is 76.9 Å². The molecule has 3 atom stereocenters. The fourth-order valence-electron chi connectivity index (χ4n) is 5.43. The molecule has 50 heavy (non-hydrogen) atoms. The van der Waals surface area contributed by atoms with E-state index in [0.717, 1.165) is 11.3 Å². The van der Waals surface area contributed by atoms with Crippen LogP contribution >= 0.6 is 18.5 Å². The summed E-state index contributed by atoms with van der Waals surface area (Å²) in [5.74, 6) is 6.38. The number of methoxy groups -OCH3 is 1. The summed E-state index contributed by atoms with van der Waals surface area (Å²) >= 11 is 1.09. The van der Waals surface area contributed by atoms with Crippen molar-refractivity contribution < 1.29 is 40.8 Å². The summed E-state index contributed by atoms with van der Waals surface area (Å²) in [6, 6.07) is 9.42. The number of carbonyl (C=O) groups excluding carboxylic acids is 1. The van der Waals surface area contributed by atoms with Gasteiger partial charge in [0.05, 0.1) is 47.2 Å². The highest BCUT2D eigenvalue weighted by Crippen LogP contribution is 2.47. The average molecular weight is 756 g/mol. The van der Waals surface area contributed by atoms with E-state index in [1.165, 1.54) is 12.0 Å². The SMILES string of the molecule is COc1cc(P(C)(C)=O)ccc1NCC#Cc1sc2c(NC3CCN(C(=O)OC(C)(C)C)CC3F)cccc2c1C(O[Si](C)(C)C)C(F)(F)F. The number of thiophene rings is 1. The summed E-state index contributed by atoms with van der Waals surface area (Å²) in [5.41, 5.74) is 0.275. The number of nitrogens with one attached hydrogen (secondary N) is 2. The van der Waals surface area contributed by atoms with Gasteiger partial charge in [0.15, 0.2) is 14.4 Å². The van der Waals surface area contributed by atoms with Crippen LogP contribution in [0.5, 0.6) is 5.75 Å². The standard InChI is InChI=1S/C35H46F4N3O5PSSi/c1-34(2,3)46-33(43)42-19-17-25(24(36)21-42)41-27-13-10-12-23-30(32(35(37,38)39)47-50(7,8)9)29(49-31(23)27)14-11-18-40-26-16-15-22(48(5,6)44)20-28(26)45-4/h10,12-13,15-16,20,24-25,32,40-41H,17-19,21H2,1-9H3. The number of halogens is 4. The highest BCUT2D eigenvalue weighted by atomic mass is 32.1. The van der Waals surface area contributed by atoms with Crippen molar-refractivity contribution in [1.29, 1.82) is 0 Å². The molecule has 0 spiro atoms. The predicted octanol–water partition coefficient (Wildman–Crippen LogP) is 8.84. The van der Waals surface area contributed by atoms with Gasteiger partial charge in [0, 0.05) is 22.8 Å². The first-order valence-corrected chi connectivity index (χ1v) is 23.0. The molecule has 4 rings (SSSR count). The van der Waals surface area contributed by atoms with E-state index in [4.69, 9.17) is 13.9 Å². The lowest BCUT2D eigenvalue weighted by atomic mass is 10.0. The van der Waals surface area contributed by atoms with Gasteiger partial charge in [-0.3, -0.25) is 0 Å². The molecule has 1 saturated heterocycles. The summed E-state index contributed by atoms with van der Waals surface area (Å²) in [4.78, 5) is 14.1. The molecular weight excluding hydrogens is 710 g/mol. The van der Waals surface area contributed by atoms with Crippen molar-refractivity contribution in [2.24, 2.45) is 0 Å². The smallest absolute Gasteiger partial charge is 0.417 e. The summed E-state index contributed by atoms with van der Waals surface area (Å²) in [7, 11) is -3.75. The summed E-state index contributed by atoms with van der Waals surface area (Å²) < 4.78 is 89.4. The maximum Gasteiger partial charge on any atom is 0.417 e. The third kappa shape index (κ3) is 10.2. The van der Waals surface area contributed by atoms with Gasteiger partial charge in [-0.25, -0.2) is 9.18 Å². The van der Waals surface area contributed by atoms with Gasteiger partial charge in [-0.15, -0.1) is 11.3 Å². The summed E-state index contributed by atoms with van der Waals surface area (Å²) in [6.45, 7) is 13.8. The largest absolute Gasteiger partial charge is 0.495 e. The van der Waals surface area contributed by atoms with Crippen molar-refractivity contribution in [1.82, 2.24) is 4.90 Å². The molecule has 2 heterocycles. The van der Waals surface area contributed by atoms with E-state index >= 15 is 4.39 Å². The fourth-order valence-corrected chi connectivity index (χ4v) is 8.43. The van der Waals surface area contributed by atoms with Crippen LogP contribution in [-0.2, 0) is 13.7 Å². The number of benzene rings is 2. The quantitative estimate of drug-likeness (QED) is 0.0977. The minimum Gasteiger partial charge on any atom is -0.495 e. The summed E-state index contributed by atoms with van der Waals surface area (Å²) in [6.07, 6.45) is -8.70. The molecule has 0 saturated carbocycles. The van der Waals surface area contributed by atoms with Crippen LogP contribution in [0.15, 0.2) is 36.4 Å². The van der Waals surface area contributed by atoms with Gasteiger partial charge in [-0.1, -0.05) is 24.0 Å². The molecule has 1 aliphatic rings. The Bertz CT molecular complexity index is 1810. The Balaban J connectivity index is 1.68. The topological polar surface area (TPSA) is 89.1 Å². The van der Waals surface area contributed by atoms with Crippen LogP contribution in [0.4, 0.5) is 33.7 Å². The Hall–Kier alpha value is -3.24. The number of hydrogen-bond acceptors (Lipinski definition) is 8. The molecule has 3 aromatic rings. The molecule has 1 aromatic heterocycles. The highest BCUT2D eigenvalue weighted by Gasteiger charge is 2.46. The lowest BCUT2D eigenvalue weighted by molar-refractivity contribution is -0.200. The second-order valence-electron chi connectivity index (χ2n) is 14.6. The number of rotatable bonds is 9. The molecule has 1 amide bonds. The van der Waals surface area contributed by atoms with Crippen LogP contribution in [0.2, 0.25) is 19.6 Å². The van der Waals surface area contributed by atoms with E-state index in [1.54, 1.807) is 90.1 Å². The number of piperidine rings is 1. The minimum absolute atomic E-state index is 0.0730. The van der Waals surface area contributed by atoms with Gasteiger partial charge in [0.1, 0.15) is 24.7 Å². The zero-order chi connectivity index (χ0) is 37.2. The van der Waals surface area contributed by atoms with Gasteiger partial charge in [0.2, 0.25) is 0 Å². The number of nitrogens with zero attached hydrogens (tertiary/aromatic N) is 1. The minimum atomic E-state index is -4.72. The number of fused-ring (bicyclic) bond motifs is 1. The number of likely N-dealkylation sites (tertiary alicyclic amines) is 1. The molecule has 3 unspecified atom stereocenters. The second-order valence-corrected chi connectivity index (χ2v) is 23.3. The molecule has 2 N–H and O–H groups in total. The molecule has 1 aliphatic heterocycles. The number of carbonyl (C=O) groups is 1. The lowest BCUT2D eigenvalue weighted by Crippen LogP contribution is -2.51. The molecule has 15 heteroatoms. The monoisotopic (exact) mass is 755 g/mol. The summed E-state index contributed by atoms with van der Waals surface area (Å²) in [5, 5.41) is 7.32. The average Bonchev–Trinajstić information content (AvgIpc) is 3.35. The first kappa shape index (κ1) is 39.5. The van der Waals surface area contributed by atoms with E-state index < -0.39 is 51.6 Å². The van der Waals surface area contributed by atoms with Crippen LogP contribution in [0, 0.1) is 11.8 Å². The van der Waals surface area contributed by atoms with Crippen molar-refractivity contribution in [2.75, 3.05) is 50.7 Å². The normalized spacial score (nSPS) is 17.9. The van der Waals surface area contributed by atoms with Crippen LogP contribution in [0.1, 0.15) is 43.7 Å². The van der Waals surface area contributed by atoms with Gasteiger partial charge in [0.25, 0.3) is 0 Å². The van der Waals surface area contributed by atoms with Crippen molar-refractivity contribution in [3.8, 4) is 17.6 Å². The lowest BCUT2D eigenvalue weighted by Gasteiger charge is -2.36. The van der Waals surface area contributed by atoms with Gasteiger partial charge in [-0.05, 0) is 84.4 Å². The Morgan fingerprint density at radius 1 is 1.14 bits per heavy atom. The maximum absolute atomic E-state index is 15.5. The van der Waals surface area contributed by atoms with E-state index in [2.05, 4.69) is 22.5 Å². The first-order valence-electron chi connectivity index (χ1n) is 16.2. The molecule has 0 radical (unpaired) electrons. The number of anilines is 2. The molecule has 8 nitrogen and oxygen atoms in total. The van der Waals surface area contributed by atoms with Crippen LogP contribution in [0.25, 0.3) is 10.1 Å². The third-order valence-electron chi connectivity index (χ3n) is 7.69. The molecule has 2 aromatic carbocycles. The molecule has 1 fully saturated rings. The number of alkyl halides is 4. The Kier molecular flexibility index (Phi) is 12.0. The number of ether oxygens (including phenoxy) is 2.